The summed E-state index contributed by atoms with van der Waals surface area (Å²) >= 11 is 0. The number of benzene rings is 1. The number of hydrogen-bond acceptors (Lipinski definition) is 1. The molecule has 0 bridgehead atoms. The van der Waals surface area contributed by atoms with Crippen LogP contribution in [-0.2, 0) is 6.54 Å². The van der Waals surface area contributed by atoms with Crippen molar-refractivity contribution >= 4 is 0 Å². The smallest absolute Gasteiger partial charge is 0.0210 e. The molecule has 1 aliphatic rings. The molecule has 1 aromatic carbocycles. The summed E-state index contributed by atoms with van der Waals surface area (Å²) in [5.41, 5.74) is 4.23. The Kier molecular flexibility index (Phi) is 4.45. The van der Waals surface area contributed by atoms with E-state index in [9.17, 15) is 0 Å². The lowest BCUT2D eigenvalue weighted by atomic mass is 9.79. The van der Waals surface area contributed by atoms with Crippen LogP contribution in [0.2, 0.25) is 0 Å². The summed E-state index contributed by atoms with van der Waals surface area (Å²) in [6, 6.07) is 7.47. The minimum atomic E-state index is 0.719. The van der Waals surface area contributed by atoms with Crippen molar-refractivity contribution in [3.05, 3.63) is 34.9 Å². The van der Waals surface area contributed by atoms with Crippen molar-refractivity contribution in [3.63, 3.8) is 0 Å². The van der Waals surface area contributed by atoms with Crippen LogP contribution in [0.4, 0.5) is 0 Å². The van der Waals surface area contributed by atoms with Gasteiger partial charge in [0.15, 0.2) is 0 Å². The average molecular weight is 245 g/mol. The van der Waals surface area contributed by atoms with Gasteiger partial charge in [-0.15, -0.1) is 0 Å². The molecule has 1 aromatic rings. The predicted octanol–water partition coefficient (Wildman–Crippen LogP) is 4.22. The van der Waals surface area contributed by atoms with Gasteiger partial charge in [0.05, 0.1) is 0 Å². The Bertz CT molecular complexity index is 397. The summed E-state index contributed by atoms with van der Waals surface area (Å²) in [6.07, 6.45) is 4.06. The maximum atomic E-state index is 3.76. The summed E-state index contributed by atoms with van der Waals surface area (Å²) < 4.78 is 0. The van der Waals surface area contributed by atoms with E-state index in [0.29, 0.717) is 0 Å². The second kappa shape index (κ2) is 5.88. The van der Waals surface area contributed by atoms with Crippen LogP contribution in [0.3, 0.4) is 0 Å². The Morgan fingerprint density at radius 3 is 2.61 bits per heavy atom. The topological polar surface area (TPSA) is 12.0 Å². The molecule has 1 aliphatic carbocycles. The zero-order chi connectivity index (χ0) is 13.1. The molecular formula is C17H27N. The van der Waals surface area contributed by atoms with Crippen molar-refractivity contribution in [3.8, 4) is 0 Å². The second-order valence-corrected chi connectivity index (χ2v) is 6.28. The van der Waals surface area contributed by atoms with Crippen molar-refractivity contribution in [1.82, 2.24) is 5.32 Å². The van der Waals surface area contributed by atoms with Gasteiger partial charge in [0.2, 0.25) is 0 Å². The van der Waals surface area contributed by atoms with Crippen LogP contribution in [0.25, 0.3) is 0 Å². The molecule has 1 heteroatoms. The molecule has 0 saturated heterocycles. The van der Waals surface area contributed by atoms with Crippen LogP contribution in [0, 0.1) is 25.7 Å². The van der Waals surface area contributed by atoms with Crippen LogP contribution in [-0.4, -0.2) is 6.04 Å². The largest absolute Gasteiger partial charge is 0.310 e. The van der Waals surface area contributed by atoms with E-state index in [0.717, 1.165) is 24.4 Å². The average Bonchev–Trinajstić information content (AvgIpc) is 2.34. The number of aryl methyl sites for hydroxylation is 2. The standard InChI is InChI=1S/C17H27N/c1-12-5-6-14(3)16(9-12)11-18-17-8-7-13(2)15(4)10-17/h5-6,9,13,15,17-18H,7-8,10-11H2,1-4H3. The lowest BCUT2D eigenvalue weighted by Gasteiger charge is -2.32. The van der Waals surface area contributed by atoms with Crippen LogP contribution < -0.4 is 5.32 Å². The van der Waals surface area contributed by atoms with Gasteiger partial charge in [-0.05, 0) is 56.1 Å². The maximum absolute atomic E-state index is 3.76. The quantitative estimate of drug-likeness (QED) is 0.841. The zero-order valence-electron chi connectivity index (χ0n) is 12.3. The molecule has 0 spiro atoms. The lowest BCUT2D eigenvalue weighted by Crippen LogP contribution is -2.35. The Morgan fingerprint density at radius 2 is 1.89 bits per heavy atom. The van der Waals surface area contributed by atoms with E-state index in [1.54, 1.807) is 0 Å². The summed E-state index contributed by atoms with van der Waals surface area (Å²) in [5, 5.41) is 3.76. The molecule has 1 saturated carbocycles. The van der Waals surface area contributed by atoms with Crippen molar-refractivity contribution in [2.75, 3.05) is 0 Å². The third-order valence-corrected chi connectivity index (χ3v) is 4.68. The highest BCUT2D eigenvalue weighted by Gasteiger charge is 2.23. The second-order valence-electron chi connectivity index (χ2n) is 6.28. The molecule has 0 amide bonds. The Labute approximate surface area is 112 Å². The molecule has 3 atom stereocenters. The third-order valence-electron chi connectivity index (χ3n) is 4.68. The SMILES string of the molecule is Cc1ccc(C)c(CNC2CCC(C)C(C)C2)c1. The van der Waals surface area contributed by atoms with Gasteiger partial charge in [-0.1, -0.05) is 37.6 Å². The minimum Gasteiger partial charge on any atom is -0.310 e. The third kappa shape index (κ3) is 3.35. The fourth-order valence-electron chi connectivity index (χ4n) is 2.98. The summed E-state index contributed by atoms with van der Waals surface area (Å²) in [4.78, 5) is 0. The van der Waals surface area contributed by atoms with Crippen molar-refractivity contribution in [1.29, 1.82) is 0 Å². The molecule has 0 aliphatic heterocycles. The predicted molar refractivity (Wildman–Crippen MR) is 78.7 cm³/mol. The van der Waals surface area contributed by atoms with Gasteiger partial charge in [-0.3, -0.25) is 0 Å². The van der Waals surface area contributed by atoms with Crippen LogP contribution in [0.5, 0.6) is 0 Å². The molecule has 0 heterocycles. The zero-order valence-corrected chi connectivity index (χ0v) is 12.3. The van der Waals surface area contributed by atoms with Gasteiger partial charge in [0.1, 0.15) is 0 Å². The normalized spacial score (nSPS) is 28.3. The molecule has 1 nitrogen and oxygen atoms in total. The summed E-state index contributed by atoms with van der Waals surface area (Å²) in [7, 11) is 0. The van der Waals surface area contributed by atoms with E-state index in [-0.39, 0.29) is 0 Å². The van der Waals surface area contributed by atoms with E-state index in [1.165, 1.54) is 36.0 Å². The first-order valence-corrected chi connectivity index (χ1v) is 7.35. The first-order chi connectivity index (χ1) is 8.56. The Hall–Kier alpha value is -0.820. The van der Waals surface area contributed by atoms with E-state index in [4.69, 9.17) is 0 Å². The highest BCUT2D eigenvalue weighted by Crippen LogP contribution is 2.29. The van der Waals surface area contributed by atoms with Gasteiger partial charge in [0.25, 0.3) is 0 Å². The number of rotatable bonds is 3. The van der Waals surface area contributed by atoms with E-state index in [1.807, 2.05) is 0 Å². The highest BCUT2D eigenvalue weighted by molar-refractivity contribution is 5.30. The van der Waals surface area contributed by atoms with Crippen molar-refractivity contribution < 1.29 is 0 Å². The minimum absolute atomic E-state index is 0.719. The summed E-state index contributed by atoms with van der Waals surface area (Å²) in [6.45, 7) is 10.2. The Balaban J connectivity index is 1.90. The van der Waals surface area contributed by atoms with Crippen LogP contribution >= 0.6 is 0 Å². The van der Waals surface area contributed by atoms with Crippen LogP contribution in [0.15, 0.2) is 18.2 Å². The van der Waals surface area contributed by atoms with Gasteiger partial charge < -0.3 is 5.32 Å². The molecule has 1 N–H and O–H groups in total. The molecular weight excluding hydrogens is 218 g/mol. The molecule has 18 heavy (non-hydrogen) atoms. The van der Waals surface area contributed by atoms with E-state index in [2.05, 4.69) is 51.2 Å². The van der Waals surface area contributed by atoms with Crippen molar-refractivity contribution in [2.45, 2.75) is 59.5 Å². The summed E-state index contributed by atoms with van der Waals surface area (Å²) in [5.74, 6) is 1.78. The van der Waals surface area contributed by atoms with Gasteiger partial charge in [0, 0.05) is 12.6 Å². The van der Waals surface area contributed by atoms with Gasteiger partial charge in [-0.25, -0.2) is 0 Å². The van der Waals surface area contributed by atoms with E-state index >= 15 is 0 Å². The molecule has 0 radical (unpaired) electrons. The van der Waals surface area contributed by atoms with E-state index < -0.39 is 0 Å². The number of nitrogens with one attached hydrogen (secondary N) is 1. The molecule has 3 unspecified atom stereocenters. The van der Waals surface area contributed by atoms with Crippen molar-refractivity contribution in [2.24, 2.45) is 11.8 Å². The van der Waals surface area contributed by atoms with Crippen LogP contribution in [0.1, 0.15) is 49.8 Å². The molecule has 1 fully saturated rings. The van der Waals surface area contributed by atoms with Gasteiger partial charge >= 0.3 is 0 Å². The van der Waals surface area contributed by atoms with Gasteiger partial charge in [-0.2, -0.15) is 0 Å². The monoisotopic (exact) mass is 245 g/mol. The maximum Gasteiger partial charge on any atom is 0.0210 e. The first-order valence-electron chi connectivity index (χ1n) is 7.35. The highest BCUT2D eigenvalue weighted by atomic mass is 14.9. The lowest BCUT2D eigenvalue weighted by molar-refractivity contribution is 0.225. The first kappa shape index (κ1) is 13.6. The molecule has 0 aromatic heterocycles. The Morgan fingerprint density at radius 1 is 1.11 bits per heavy atom. The number of hydrogen-bond donors (Lipinski definition) is 1. The molecule has 100 valence electrons. The molecule has 2 rings (SSSR count). The fourth-order valence-corrected chi connectivity index (χ4v) is 2.98. The fraction of sp³-hybridized carbons (Fsp3) is 0.647.